The highest BCUT2D eigenvalue weighted by Crippen LogP contribution is 2.36. The Morgan fingerprint density at radius 1 is 1.09 bits per heavy atom. The van der Waals surface area contributed by atoms with Crippen molar-refractivity contribution in [2.24, 2.45) is 17.8 Å². The van der Waals surface area contributed by atoms with Gasteiger partial charge in [0.15, 0.2) is 0 Å². The molecule has 0 radical (unpaired) electrons. The second-order valence-corrected chi connectivity index (χ2v) is 10.8. The van der Waals surface area contributed by atoms with Gasteiger partial charge in [0.2, 0.25) is 5.91 Å². The molecule has 2 aliphatic rings. The molecule has 192 valence electrons. The first-order valence-corrected chi connectivity index (χ1v) is 14.3. The first kappa shape index (κ1) is 27.2. The first-order valence-electron chi connectivity index (χ1n) is 14.3. The number of nitrogens with one attached hydrogen (secondary N) is 1. The van der Waals surface area contributed by atoms with Crippen LogP contribution in [-0.2, 0) is 9.53 Å². The van der Waals surface area contributed by atoms with Gasteiger partial charge in [-0.3, -0.25) is 4.79 Å². The average molecular weight is 471 g/mol. The number of rotatable bonds is 14. The molecule has 1 aliphatic carbocycles. The molecule has 1 aliphatic heterocycles. The smallest absolute Gasteiger partial charge is 0.222 e. The number of piperidine rings is 1. The molecule has 3 rings (SSSR count). The van der Waals surface area contributed by atoms with Crippen LogP contribution in [0, 0.1) is 17.8 Å². The molecular formula is C30H50N2O2. The number of nitrogens with zero attached hydrogens (tertiary/aromatic N) is 1. The fourth-order valence-electron chi connectivity index (χ4n) is 6.45. The van der Waals surface area contributed by atoms with Gasteiger partial charge in [0, 0.05) is 32.7 Å². The van der Waals surface area contributed by atoms with Crippen molar-refractivity contribution in [2.45, 2.75) is 89.9 Å². The minimum atomic E-state index is 0.393. The molecule has 1 amide bonds. The Kier molecular flexibility index (Phi) is 12.5. The molecule has 1 aromatic rings. The van der Waals surface area contributed by atoms with Gasteiger partial charge in [-0.1, -0.05) is 68.9 Å². The van der Waals surface area contributed by atoms with Crippen molar-refractivity contribution in [1.82, 2.24) is 10.2 Å². The van der Waals surface area contributed by atoms with Crippen molar-refractivity contribution in [1.29, 1.82) is 0 Å². The van der Waals surface area contributed by atoms with E-state index in [-0.39, 0.29) is 0 Å². The number of carbonyl (C=O) groups excluding carboxylic acids is 1. The molecule has 0 bridgehead atoms. The maximum absolute atomic E-state index is 13.4. The summed E-state index contributed by atoms with van der Waals surface area (Å²) in [4.78, 5) is 15.7. The maximum Gasteiger partial charge on any atom is 0.222 e. The molecular weight excluding hydrogens is 420 g/mol. The first-order chi connectivity index (χ1) is 16.7. The van der Waals surface area contributed by atoms with E-state index in [1.54, 1.807) is 0 Å². The Hall–Kier alpha value is -1.39. The van der Waals surface area contributed by atoms with Gasteiger partial charge < -0.3 is 15.0 Å². The predicted octanol–water partition coefficient (Wildman–Crippen LogP) is 6.41. The average Bonchev–Trinajstić information content (AvgIpc) is 2.87. The largest absolute Gasteiger partial charge is 0.382 e. The summed E-state index contributed by atoms with van der Waals surface area (Å²) in [7, 11) is 2.03. The van der Waals surface area contributed by atoms with Crippen LogP contribution < -0.4 is 5.32 Å². The van der Waals surface area contributed by atoms with Gasteiger partial charge in [-0.05, 0) is 81.9 Å². The van der Waals surface area contributed by atoms with Gasteiger partial charge >= 0.3 is 0 Å². The Labute approximate surface area is 209 Å². The summed E-state index contributed by atoms with van der Waals surface area (Å²) < 4.78 is 5.57. The Balaban J connectivity index is 1.58. The van der Waals surface area contributed by atoms with E-state index in [9.17, 15) is 4.79 Å². The summed E-state index contributed by atoms with van der Waals surface area (Å²) in [6.07, 6.45) is 14.7. The van der Waals surface area contributed by atoms with Crippen molar-refractivity contribution in [2.75, 3.05) is 39.9 Å². The fraction of sp³-hybridized carbons (Fsp3) is 0.767. The van der Waals surface area contributed by atoms with E-state index in [0.717, 1.165) is 51.6 Å². The molecule has 0 spiro atoms. The topological polar surface area (TPSA) is 41.6 Å². The van der Waals surface area contributed by atoms with Crippen molar-refractivity contribution < 1.29 is 9.53 Å². The van der Waals surface area contributed by atoms with Crippen molar-refractivity contribution in [3.05, 3.63) is 35.9 Å². The Morgan fingerprint density at radius 2 is 1.88 bits per heavy atom. The van der Waals surface area contributed by atoms with E-state index in [2.05, 4.69) is 47.5 Å². The van der Waals surface area contributed by atoms with Crippen LogP contribution in [0.1, 0.15) is 95.5 Å². The highest BCUT2D eigenvalue weighted by atomic mass is 16.5. The lowest BCUT2D eigenvalue weighted by atomic mass is 9.78. The Bertz CT molecular complexity index is 674. The highest BCUT2D eigenvalue weighted by Gasteiger charge is 2.31. The molecule has 4 heteroatoms. The van der Waals surface area contributed by atoms with Gasteiger partial charge in [-0.2, -0.15) is 0 Å². The molecule has 1 saturated carbocycles. The molecule has 2 fully saturated rings. The third-order valence-electron chi connectivity index (χ3n) is 8.21. The zero-order chi connectivity index (χ0) is 24.0. The van der Waals surface area contributed by atoms with Crippen LogP contribution in [0.4, 0.5) is 0 Å². The van der Waals surface area contributed by atoms with Crippen LogP contribution >= 0.6 is 0 Å². The van der Waals surface area contributed by atoms with E-state index < -0.39 is 0 Å². The third kappa shape index (κ3) is 9.00. The van der Waals surface area contributed by atoms with Crippen LogP contribution in [-0.4, -0.2) is 50.7 Å². The molecule has 3 atom stereocenters. The van der Waals surface area contributed by atoms with E-state index in [1.807, 2.05) is 7.05 Å². The summed E-state index contributed by atoms with van der Waals surface area (Å²) in [5, 5.41) is 3.37. The van der Waals surface area contributed by atoms with E-state index in [4.69, 9.17) is 4.74 Å². The van der Waals surface area contributed by atoms with Gasteiger partial charge in [-0.15, -0.1) is 0 Å². The standard InChI is InChI=1S/C30H50N2O2/c1-3-34-20-11-10-18-29(27-15-8-5-9-16-27)28-17-12-19-32(24-28)30(33)22-26(23-31-2)21-25-13-6-4-7-14-25/h5,8-9,15-16,25-26,28-29,31H,3-4,6-7,10-14,17-24H2,1-2H3/t26-,28-,29+/m1/s1. The minimum Gasteiger partial charge on any atom is -0.382 e. The fourth-order valence-corrected chi connectivity index (χ4v) is 6.45. The predicted molar refractivity (Wildman–Crippen MR) is 142 cm³/mol. The zero-order valence-corrected chi connectivity index (χ0v) is 22.0. The monoisotopic (exact) mass is 470 g/mol. The quantitative estimate of drug-likeness (QED) is 0.319. The molecule has 1 N–H and O–H groups in total. The molecule has 1 heterocycles. The van der Waals surface area contributed by atoms with Gasteiger partial charge in [0.05, 0.1) is 0 Å². The SMILES string of the molecule is CCOCCCC[C@@H](c1ccccc1)[C@@H]1CCCN(C(=O)C[C@H](CNC)CC2CCCCC2)C1. The van der Waals surface area contributed by atoms with Gasteiger partial charge in [0.1, 0.15) is 0 Å². The van der Waals surface area contributed by atoms with Crippen LogP contribution in [0.25, 0.3) is 0 Å². The van der Waals surface area contributed by atoms with E-state index in [1.165, 1.54) is 63.4 Å². The number of unbranched alkanes of at least 4 members (excludes halogenated alkanes) is 1. The number of carbonyl (C=O) groups is 1. The van der Waals surface area contributed by atoms with E-state index >= 15 is 0 Å². The van der Waals surface area contributed by atoms with Crippen molar-refractivity contribution in [3.63, 3.8) is 0 Å². The maximum atomic E-state index is 13.4. The number of hydrogen-bond donors (Lipinski definition) is 1. The number of likely N-dealkylation sites (tertiary alicyclic amines) is 1. The lowest BCUT2D eigenvalue weighted by Crippen LogP contribution is -2.43. The zero-order valence-electron chi connectivity index (χ0n) is 22.0. The van der Waals surface area contributed by atoms with Crippen molar-refractivity contribution in [3.8, 4) is 0 Å². The van der Waals surface area contributed by atoms with Crippen LogP contribution in [0.3, 0.4) is 0 Å². The van der Waals surface area contributed by atoms with Crippen LogP contribution in [0.2, 0.25) is 0 Å². The van der Waals surface area contributed by atoms with Gasteiger partial charge in [0.25, 0.3) is 0 Å². The number of ether oxygens (including phenoxy) is 1. The molecule has 4 nitrogen and oxygen atoms in total. The number of amides is 1. The van der Waals surface area contributed by atoms with Crippen molar-refractivity contribution >= 4 is 5.91 Å². The molecule has 1 saturated heterocycles. The molecule has 0 unspecified atom stereocenters. The normalized spacial score (nSPS) is 21.4. The highest BCUT2D eigenvalue weighted by molar-refractivity contribution is 5.76. The molecule has 1 aromatic carbocycles. The summed E-state index contributed by atoms with van der Waals surface area (Å²) in [6.45, 7) is 6.57. The lowest BCUT2D eigenvalue weighted by molar-refractivity contribution is -0.134. The lowest BCUT2D eigenvalue weighted by Gasteiger charge is -2.38. The van der Waals surface area contributed by atoms with Crippen LogP contribution in [0.5, 0.6) is 0 Å². The van der Waals surface area contributed by atoms with Crippen LogP contribution in [0.15, 0.2) is 30.3 Å². The Morgan fingerprint density at radius 3 is 2.62 bits per heavy atom. The summed E-state index contributed by atoms with van der Waals surface area (Å²) in [5.41, 5.74) is 1.45. The number of hydrogen-bond acceptors (Lipinski definition) is 3. The van der Waals surface area contributed by atoms with Gasteiger partial charge in [-0.25, -0.2) is 0 Å². The second-order valence-electron chi connectivity index (χ2n) is 10.8. The summed E-state index contributed by atoms with van der Waals surface area (Å²) in [5.74, 6) is 2.79. The van der Waals surface area contributed by atoms with E-state index in [0.29, 0.717) is 30.1 Å². The molecule has 34 heavy (non-hydrogen) atoms. The minimum absolute atomic E-state index is 0.393. The number of benzene rings is 1. The third-order valence-corrected chi connectivity index (χ3v) is 8.21. The molecule has 0 aromatic heterocycles. The summed E-state index contributed by atoms with van der Waals surface area (Å²) in [6, 6.07) is 11.0. The summed E-state index contributed by atoms with van der Waals surface area (Å²) >= 11 is 0. The second kappa shape index (κ2) is 15.6.